The SMILES string of the molecule is CC(=O)NCC1COC(=O)N1c1cc(-c2cccc(C(F)(F)F)n2)nc(Nc2ccnc(C(F)(F)F)c2)n1. The Morgan fingerprint density at radius 2 is 1.76 bits per heavy atom. The highest BCUT2D eigenvalue weighted by Gasteiger charge is 2.37. The Balaban J connectivity index is 1.79. The van der Waals surface area contributed by atoms with Crippen LogP contribution in [0.15, 0.2) is 42.6 Å². The predicted octanol–water partition coefficient (Wildman–Crippen LogP) is 4.18. The number of pyridine rings is 2. The van der Waals surface area contributed by atoms with Crippen LogP contribution in [0.1, 0.15) is 18.3 Å². The third kappa shape index (κ3) is 6.07. The number of cyclic esters (lactones) is 1. The molecular weight excluding hydrogens is 524 g/mol. The second kappa shape index (κ2) is 10.1. The Morgan fingerprint density at radius 3 is 2.45 bits per heavy atom. The lowest BCUT2D eigenvalue weighted by Crippen LogP contribution is -2.42. The van der Waals surface area contributed by atoms with E-state index in [0.29, 0.717) is 6.07 Å². The minimum absolute atomic E-state index is 0.0374. The smallest absolute Gasteiger partial charge is 0.433 e. The first-order valence-corrected chi connectivity index (χ1v) is 10.8. The van der Waals surface area contributed by atoms with E-state index < -0.39 is 35.9 Å². The summed E-state index contributed by atoms with van der Waals surface area (Å²) in [4.78, 5) is 40.0. The molecule has 3 aromatic rings. The van der Waals surface area contributed by atoms with Crippen LogP contribution in [0.25, 0.3) is 11.4 Å². The number of nitrogens with zero attached hydrogens (tertiary/aromatic N) is 5. The lowest BCUT2D eigenvalue weighted by molar-refractivity contribution is -0.141. The van der Waals surface area contributed by atoms with Crippen molar-refractivity contribution in [2.24, 2.45) is 0 Å². The van der Waals surface area contributed by atoms with Crippen LogP contribution >= 0.6 is 0 Å². The van der Waals surface area contributed by atoms with Crippen molar-refractivity contribution in [1.29, 1.82) is 0 Å². The normalized spacial score (nSPS) is 15.8. The highest BCUT2D eigenvalue weighted by molar-refractivity contribution is 5.90. The quantitative estimate of drug-likeness (QED) is 0.446. The average Bonchev–Trinajstić information content (AvgIpc) is 3.22. The summed E-state index contributed by atoms with van der Waals surface area (Å²) >= 11 is 0. The number of carbonyl (C=O) groups excluding carboxylic acids is 2. The van der Waals surface area contributed by atoms with Gasteiger partial charge in [-0.05, 0) is 24.3 Å². The molecule has 0 spiro atoms. The maximum Gasteiger partial charge on any atom is 0.433 e. The molecule has 16 heteroatoms. The summed E-state index contributed by atoms with van der Waals surface area (Å²) in [6.07, 6.45) is -9.48. The van der Waals surface area contributed by atoms with Crippen molar-refractivity contribution in [3.8, 4) is 11.4 Å². The summed E-state index contributed by atoms with van der Waals surface area (Å²) in [6.45, 7) is 1.09. The fraction of sp³-hybridized carbons (Fsp3) is 0.273. The largest absolute Gasteiger partial charge is 0.447 e. The number of anilines is 3. The number of amides is 2. The molecule has 38 heavy (non-hydrogen) atoms. The molecular formula is C22H17F6N7O3. The molecule has 2 N–H and O–H groups in total. The summed E-state index contributed by atoms with van der Waals surface area (Å²) in [7, 11) is 0. The number of hydrogen-bond donors (Lipinski definition) is 2. The van der Waals surface area contributed by atoms with Gasteiger partial charge in [0.1, 0.15) is 23.8 Å². The van der Waals surface area contributed by atoms with Gasteiger partial charge >= 0.3 is 18.4 Å². The van der Waals surface area contributed by atoms with E-state index in [9.17, 15) is 35.9 Å². The molecule has 1 unspecified atom stereocenters. The maximum atomic E-state index is 13.3. The van der Waals surface area contributed by atoms with Gasteiger partial charge in [-0.3, -0.25) is 14.7 Å². The van der Waals surface area contributed by atoms with E-state index in [1.54, 1.807) is 0 Å². The Morgan fingerprint density at radius 1 is 1.03 bits per heavy atom. The van der Waals surface area contributed by atoms with E-state index in [1.165, 1.54) is 25.1 Å². The summed E-state index contributed by atoms with van der Waals surface area (Å²) in [5.74, 6) is -0.893. The molecule has 1 aliphatic rings. The van der Waals surface area contributed by atoms with E-state index in [2.05, 4.69) is 30.6 Å². The molecule has 0 saturated carbocycles. The van der Waals surface area contributed by atoms with Crippen LogP contribution in [0.3, 0.4) is 0 Å². The molecule has 1 fully saturated rings. The number of aromatic nitrogens is 4. The van der Waals surface area contributed by atoms with Crippen molar-refractivity contribution < 1.29 is 40.7 Å². The Hall–Kier alpha value is -4.50. The molecule has 200 valence electrons. The third-order valence-corrected chi connectivity index (χ3v) is 5.12. The standard InChI is InChI=1S/C22H17F6N7O3/c1-11(36)30-9-13-10-38-20(37)35(13)18-8-15(14-3-2-4-16(32-14)21(23,24)25)33-19(34-18)31-12-5-6-29-17(7-12)22(26,27)28/h2-8,13H,9-10H2,1H3,(H,30,36)(H,29,31,33,34). The van der Waals surface area contributed by atoms with Crippen LogP contribution in [-0.4, -0.2) is 51.1 Å². The van der Waals surface area contributed by atoms with Crippen LogP contribution in [0.2, 0.25) is 0 Å². The van der Waals surface area contributed by atoms with Crippen molar-refractivity contribution in [2.45, 2.75) is 25.3 Å². The van der Waals surface area contributed by atoms with Gasteiger partial charge in [-0.15, -0.1) is 0 Å². The van der Waals surface area contributed by atoms with Gasteiger partial charge in [-0.1, -0.05) is 6.07 Å². The Labute approximate surface area is 210 Å². The molecule has 3 aromatic heterocycles. The number of ether oxygens (including phenoxy) is 1. The molecule has 4 heterocycles. The molecule has 1 saturated heterocycles. The minimum atomic E-state index is -4.76. The number of halogens is 6. The number of alkyl halides is 6. The number of hydrogen-bond acceptors (Lipinski definition) is 8. The van der Waals surface area contributed by atoms with Gasteiger partial charge in [0.2, 0.25) is 11.9 Å². The maximum absolute atomic E-state index is 13.3. The van der Waals surface area contributed by atoms with Gasteiger partial charge in [0.05, 0.1) is 17.4 Å². The molecule has 0 aliphatic carbocycles. The fourth-order valence-corrected chi connectivity index (χ4v) is 3.43. The van der Waals surface area contributed by atoms with Crippen LogP contribution in [0.4, 0.5) is 48.6 Å². The molecule has 4 rings (SSSR count). The number of rotatable bonds is 6. The lowest BCUT2D eigenvalue weighted by atomic mass is 10.2. The average molecular weight is 541 g/mol. The number of carbonyl (C=O) groups is 2. The summed E-state index contributed by atoms with van der Waals surface area (Å²) in [5.41, 5.74) is -2.98. The molecule has 1 aliphatic heterocycles. The van der Waals surface area contributed by atoms with E-state index in [-0.39, 0.29) is 47.9 Å². The molecule has 0 bridgehead atoms. The van der Waals surface area contributed by atoms with Crippen molar-refractivity contribution in [3.63, 3.8) is 0 Å². The zero-order chi connectivity index (χ0) is 27.7. The third-order valence-electron chi connectivity index (χ3n) is 5.12. The molecule has 1 atom stereocenters. The topological polar surface area (TPSA) is 122 Å². The van der Waals surface area contributed by atoms with Crippen LogP contribution in [0, 0.1) is 0 Å². The summed E-state index contributed by atoms with van der Waals surface area (Å²) in [5, 5.41) is 5.08. The highest BCUT2D eigenvalue weighted by Crippen LogP contribution is 2.33. The summed E-state index contributed by atoms with van der Waals surface area (Å²) in [6, 6.07) is 5.39. The van der Waals surface area contributed by atoms with Gasteiger partial charge in [0.15, 0.2) is 0 Å². The van der Waals surface area contributed by atoms with Gasteiger partial charge in [0.25, 0.3) is 0 Å². The molecule has 0 radical (unpaired) electrons. The number of nitrogens with one attached hydrogen (secondary N) is 2. The van der Waals surface area contributed by atoms with Gasteiger partial charge in [-0.25, -0.2) is 14.8 Å². The first-order chi connectivity index (χ1) is 17.8. The minimum Gasteiger partial charge on any atom is -0.447 e. The van der Waals surface area contributed by atoms with Crippen molar-refractivity contribution >= 4 is 29.5 Å². The predicted molar refractivity (Wildman–Crippen MR) is 119 cm³/mol. The summed E-state index contributed by atoms with van der Waals surface area (Å²) < 4.78 is 84.1. The fourth-order valence-electron chi connectivity index (χ4n) is 3.43. The van der Waals surface area contributed by atoms with Gasteiger partial charge in [0, 0.05) is 31.4 Å². The monoisotopic (exact) mass is 541 g/mol. The zero-order valence-electron chi connectivity index (χ0n) is 19.3. The van der Waals surface area contributed by atoms with Crippen LogP contribution < -0.4 is 15.5 Å². The molecule has 10 nitrogen and oxygen atoms in total. The van der Waals surface area contributed by atoms with Crippen molar-refractivity contribution in [3.05, 3.63) is 54.0 Å². The second-order valence-electron chi connectivity index (χ2n) is 7.93. The Kier molecular flexibility index (Phi) is 7.06. The van der Waals surface area contributed by atoms with E-state index in [0.717, 1.165) is 23.2 Å². The van der Waals surface area contributed by atoms with Crippen molar-refractivity contribution in [2.75, 3.05) is 23.4 Å². The lowest BCUT2D eigenvalue weighted by Gasteiger charge is -2.21. The first-order valence-electron chi connectivity index (χ1n) is 10.8. The molecule has 0 aromatic carbocycles. The first kappa shape index (κ1) is 26.6. The van der Waals surface area contributed by atoms with Crippen LogP contribution in [0.5, 0.6) is 0 Å². The Bertz CT molecular complexity index is 1370. The van der Waals surface area contributed by atoms with E-state index in [4.69, 9.17) is 4.74 Å². The van der Waals surface area contributed by atoms with Crippen LogP contribution in [-0.2, 0) is 21.9 Å². The highest BCUT2D eigenvalue weighted by atomic mass is 19.4. The van der Waals surface area contributed by atoms with E-state index in [1.807, 2.05) is 0 Å². The van der Waals surface area contributed by atoms with E-state index >= 15 is 0 Å². The van der Waals surface area contributed by atoms with Gasteiger partial charge < -0.3 is 15.4 Å². The van der Waals surface area contributed by atoms with Crippen molar-refractivity contribution in [1.82, 2.24) is 25.3 Å². The molecule has 2 amide bonds. The van der Waals surface area contributed by atoms with Gasteiger partial charge in [-0.2, -0.15) is 31.3 Å². The zero-order valence-corrected chi connectivity index (χ0v) is 19.3. The second-order valence-corrected chi connectivity index (χ2v) is 7.93.